The summed E-state index contributed by atoms with van der Waals surface area (Å²) >= 11 is 0. The van der Waals surface area contributed by atoms with Gasteiger partial charge in [0, 0.05) is 32.5 Å². The highest BCUT2D eigenvalue weighted by molar-refractivity contribution is 5.29. The Kier molecular flexibility index (Phi) is 5.18. The molecule has 86 valence electrons. The number of nitrogens with two attached hydrogens (primary N) is 1. The molecule has 0 unspecified atom stereocenters. The van der Waals surface area contributed by atoms with Crippen LogP contribution in [0.3, 0.4) is 0 Å². The molecule has 0 atom stereocenters. The zero-order chi connectivity index (χ0) is 11.1. The summed E-state index contributed by atoms with van der Waals surface area (Å²) in [5.74, 6) is 1.06. The number of hydrogen-bond acceptors (Lipinski definition) is 3. The smallest absolute Gasteiger partial charge is 0.205 e. The number of unbranched alkanes of at least 4 members (excludes halogenated alkanes) is 2. The van der Waals surface area contributed by atoms with Crippen LogP contribution in [-0.2, 0) is 6.54 Å². The van der Waals surface area contributed by atoms with Gasteiger partial charge in [-0.15, -0.1) is 0 Å². The van der Waals surface area contributed by atoms with Crippen molar-refractivity contribution in [2.24, 2.45) is 5.73 Å². The summed E-state index contributed by atoms with van der Waals surface area (Å²) in [6, 6.07) is 0. The number of aryl methyl sites for hydroxylation is 1. The fourth-order valence-electron chi connectivity index (χ4n) is 1.66. The predicted octanol–water partition coefficient (Wildman–Crippen LogP) is 1.47. The topological polar surface area (TPSA) is 47.1 Å². The molecule has 0 spiro atoms. The van der Waals surface area contributed by atoms with Crippen LogP contribution in [0.5, 0.6) is 0 Å². The summed E-state index contributed by atoms with van der Waals surface area (Å²) in [6.45, 7) is 4.96. The predicted molar refractivity (Wildman–Crippen MR) is 64.1 cm³/mol. The first kappa shape index (κ1) is 12.0. The van der Waals surface area contributed by atoms with Crippen LogP contribution in [0, 0.1) is 0 Å². The second-order valence-corrected chi connectivity index (χ2v) is 3.78. The Hall–Kier alpha value is -1.03. The van der Waals surface area contributed by atoms with E-state index in [0.29, 0.717) is 0 Å². The van der Waals surface area contributed by atoms with E-state index >= 15 is 0 Å². The van der Waals surface area contributed by atoms with Crippen molar-refractivity contribution in [2.45, 2.75) is 32.7 Å². The van der Waals surface area contributed by atoms with Gasteiger partial charge in [0.25, 0.3) is 0 Å². The Morgan fingerprint density at radius 2 is 2.20 bits per heavy atom. The van der Waals surface area contributed by atoms with Gasteiger partial charge in [-0.05, 0) is 26.3 Å². The first-order chi connectivity index (χ1) is 7.29. The van der Waals surface area contributed by atoms with Crippen LogP contribution in [0.15, 0.2) is 12.4 Å². The van der Waals surface area contributed by atoms with Crippen molar-refractivity contribution in [3.63, 3.8) is 0 Å². The number of aromatic nitrogens is 2. The Morgan fingerprint density at radius 1 is 1.40 bits per heavy atom. The molecule has 2 N–H and O–H groups in total. The van der Waals surface area contributed by atoms with Gasteiger partial charge < -0.3 is 15.2 Å². The standard InChI is InChI=1S/C11H22N4/c1-3-15-10-8-13-11(15)14(2)9-6-4-5-7-12/h8,10H,3-7,9,12H2,1-2H3. The van der Waals surface area contributed by atoms with Crippen LogP contribution < -0.4 is 10.6 Å². The molecule has 0 aromatic carbocycles. The second kappa shape index (κ2) is 6.45. The van der Waals surface area contributed by atoms with E-state index in [1.165, 1.54) is 12.8 Å². The Balaban J connectivity index is 2.36. The van der Waals surface area contributed by atoms with Crippen LogP contribution in [0.1, 0.15) is 26.2 Å². The SMILES string of the molecule is CCn1ccnc1N(C)CCCCCN. The average Bonchev–Trinajstić information content (AvgIpc) is 2.72. The van der Waals surface area contributed by atoms with E-state index in [-0.39, 0.29) is 0 Å². The number of nitrogens with zero attached hydrogens (tertiary/aromatic N) is 3. The lowest BCUT2D eigenvalue weighted by molar-refractivity contribution is 0.656. The summed E-state index contributed by atoms with van der Waals surface area (Å²) in [5.41, 5.74) is 5.46. The van der Waals surface area contributed by atoms with Crippen molar-refractivity contribution in [1.82, 2.24) is 9.55 Å². The van der Waals surface area contributed by atoms with Gasteiger partial charge in [-0.3, -0.25) is 0 Å². The highest BCUT2D eigenvalue weighted by atomic mass is 15.3. The van der Waals surface area contributed by atoms with E-state index in [4.69, 9.17) is 5.73 Å². The molecule has 0 saturated heterocycles. The quantitative estimate of drug-likeness (QED) is 0.693. The van der Waals surface area contributed by atoms with Gasteiger partial charge in [-0.1, -0.05) is 6.42 Å². The van der Waals surface area contributed by atoms with Crippen LogP contribution in [0.4, 0.5) is 5.95 Å². The number of rotatable bonds is 7. The van der Waals surface area contributed by atoms with Gasteiger partial charge in [0.05, 0.1) is 0 Å². The molecule has 0 radical (unpaired) electrons. The first-order valence-electron chi connectivity index (χ1n) is 5.72. The highest BCUT2D eigenvalue weighted by Gasteiger charge is 2.05. The normalized spacial score (nSPS) is 10.6. The first-order valence-corrected chi connectivity index (χ1v) is 5.72. The van der Waals surface area contributed by atoms with Crippen molar-refractivity contribution < 1.29 is 0 Å². The summed E-state index contributed by atoms with van der Waals surface area (Å²) in [4.78, 5) is 6.56. The third kappa shape index (κ3) is 3.55. The van der Waals surface area contributed by atoms with Gasteiger partial charge in [0.1, 0.15) is 0 Å². The molecule has 0 fully saturated rings. The molecular weight excluding hydrogens is 188 g/mol. The van der Waals surface area contributed by atoms with E-state index in [1.54, 1.807) is 0 Å². The van der Waals surface area contributed by atoms with Crippen molar-refractivity contribution in [3.05, 3.63) is 12.4 Å². The summed E-state index contributed by atoms with van der Waals surface area (Å²) < 4.78 is 2.16. The van der Waals surface area contributed by atoms with Crippen molar-refractivity contribution in [3.8, 4) is 0 Å². The van der Waals surface area contributed by atoms with Gasteiger partial charge in [-0.25, -0.2) is 4.98 Å². The molecule has 0 aliphatic carbocycles. The molecule has 0 aliphatic heterocycles. The van der Waals surface area contributed by atoms with Gasteiger partial charge in [-0.2, -0.15) is 0 Å². The van der Waals surface area contributed by atoms with Crippen LogP contribution >= 0.6 is 0 Å². The van der Waals surface area contributed by atoms with Crippen molar-refractivity contribution in [1.29, 1.82) is 0 Å². The molecule has 0 bridgehead atoms. The van der Waals surface area contributed by atoms with E-state index in [0.717, 1.165) is 32.0 Å². The van der Waals surface area contributed by atoms with Crippen LogP contribution in [0.25, 0.3) is 0 Å². The molecule has 0 amide bonds. The molecule has 1 heterocycles. The maximum Gasteiger partial charge on any atom is 0.205 e. The number of anilines is 1. The Labute approximate surface area is 92.1 Å². The molecule has 1 aromatic heterocycles. The lowest BCUT2D eigenvalue weighted by atomic mass is 10.2. The zero-order valence-electron chi connectivity index (χ0n) is 9.82. The molecule has 15 heavy (non-hydrogen) atoms. The Morgan fingerprint density at radius 3 is 2.87 bits per heavy atom. The number of hydrogen-bond donors (Lipinski definition) is 1. The summed E-state index contributed by atoms with van der Waals surface area (Å²) in [5, 5.41) is 0. The fraction of sp³-hybridized carbons (Fsp3) is 0.727. The second-order valence-electron chi connectivity index (χ2n) is 3.78. The third-order valence-electron chi connectivity index (χ3n) is 2.57. The minimum absolute atomic E-state index is 0.799. The highest BCUT2D eigenvalue weighted by Crippen LogP contribution is 2.10. The van der Waals surface area contributed by atoms with E-state index in [2.05, 4.69) is 28.4 Å². The largest absolute Gasteiger partial charge is 0.345 e. The average molecular weight is 210 g/mol. The summed E-state index contributed by atoms with van der Waals surface area (Å²) in [7, 11) is 2.09. The molecule has 1 rings (SSSR count). The maximum atomic E-state index is 5.46. The maximum absolute atomic E-state index is 5.46. The zero-order valence-corrected chi connectivity index (χ0v) is 9.82. The summed E-state index contributed by atoms with van der Waals surface area (Å²) in [6.07, 6.45) is 7.38. The van der Waals surface area contributed by atoms with E-state index in [1.807, 2.05) is 12.4 Å². The molecule has 4 heteroatoms. The van der Waals surface area contributed by atoms with E-state index < -0.39 is 0 Å². The Bertz CT molecular complexity index is 269. The van der Waals surface area contributed by atoms with Crippen LogP contribution in [-0.4, -0.2) is 29.7 Å². The molecule has 0 saturated carbocycles. The molecule has 4 nitrogen and oxygen atoms in total. The molecule has 1 aromatic rings. The minimum atomic E-state index is 0.799. The van der Waals surface area contributed by atoms with Crippen molar-refractivity contribution in [2.75, 3.05) is 25.0 Å². The monoisotopic (exact) mass is 210 g/mol. The lowest BCUT2D eigenvalue weighted by Gasteiger charge is -2.18. The third-order valence-corrected chi connectivity index (χ3v) is 2.57. The minimum Gasteiger partial charge on any atom is -0.345 e. The lowest BCUT2D eigenvalue weighted by Crippen LogP contribution is -2.22. The number of imidazole rings is 1. The van der Waals surface area contributed by atoms with Gasteiger partial charge in [0.2, 0.25) is 5.95 Å². The van der Waals surface area contributed by atoms with Gasteiger partial charge >= 0.3 is 0 Å². The van der Waals surface area contributed by atoms with Crippen LogP contribution in [0.2, 0.25) is 0 Å². The van der Waals surface area contributed by atoms with E-state index in [9.17, 15) is 0 Å². The van der Waals surface area contributed by atoms with Crippen molar-refractivity contribution >= 4 is 5.95 Å². The molecule has 0 aliphatic rings. The molecular formula is C11H22N4. The van der Waals surface area contributed by atoms with Gasteiger partial charge in [0.15, 0.2) is 0 Å². The fourth-order valence-corrected chi connectivity index (χ4v) is 1.66.